The molecule has 1 aliphatic heterocycles. The third kappa shape index (κ3) is 2.99. The average molecular weight is 223 g/mol. The third-order valence-corrected chi connectivity index (χ3v) is 2.47. The van der Waals surface area contributed by atoms with Gasteiger partial charge in [-0.3, -0.25) is 0 Å². The maximum absolute atomic E-state index is 5.52. The predicted molar refractivity (Wildman–Crippen MR) is 61.8 cm³/mol. The second kappa shape index (κ2) is 5.21. The van der Waals surface area contributed by atoms with Gasteiger partial charge in [0, 0.05) is 12.1 Å². The molecular weight excluding hydrogens is 210 g/mol. The first-order chi connectivity index (χ1) is 7.36. The average Bonchev–Trinajstić information content (AvgIpc) is 2.31. The van der Waals surface area contributed by atoms with E-state index in [1.54, 1.807) is 0 Å². The molecule has 1 aromatic rings. The fourth-order valence-electron chi connectivity index (χ4n) is 1.38. The van der Waals surface area contributed by atoms with E-state index in [9.17, 15) is 0 Å². The second-order valence-corrected chi connectivity index (χ2v) is 3.65. The molecule has 0 bridgehead atoms. The standard InChI is InChI=1S/C11H13NO2S/c15-11(9-4-2-1-3-5-9)14-10-8-12-6-7-13-10/h1-5,10,12H,6-8H2. The van der Waals surface area contributed by atoms with Crippen LogP contribution < -0.4 is 5.32 Å². The van der Waals surface area contributed by atoms with Gasteiger partial charge in [-0.15, -0.1) is 0 Å². The fraction of sp³-hybridized carbons (Fsp3) is 0.364. The SMILES string of the molecule is S=C(OC1CNCCO1)c1ccccc1. The Kier molecular flexibility index (Phi) is 3.66. The minimum absolute atomic E-state index is 0.258. The Balaban J connectivity index is 1.91. The van der Waals surface area contributed by atoms with Crippen LogP contribution in [0.5, 0.6) is 0 Å². The molecule has 15 heavy (non-hydrogen) atoms. The lowest BCUT2D eigenvalue weighted by Crippen LogP contribution is -2.40. The first kappa shape index (κ1) is 10.5. The summed E-state index contributed by atoms with van der Waals surface area (Å²) in [7, 11) is 0. The molecule has 2 rings (SSSR count). The van der Waals surface area contributed by atoms with Crippen LogP contribution in [-0.4, -0.2) is 31.0 Å². The van der Waals surface area contributed by atoms with Crippen LogP contribution in [0.25, 0.3) is 0 Å². The highest BCUT2D eigenvalue weighted by molar-refractivity contribution is 7.80. The predicted octanol–water partition coefficient (Wildman–Crippen LogP) is 1.32. The zero-order valence-corrected chi connectivity index (χ0v) is 9.13. The summed E-state index contributed by atoms with van der Waals surface area (Å²) >= 11 is 5.17. The Hall–Kier alpha value is -0.970. The van der Waals surface area contributed by atoms with Crippen LogP contribution in [0.2, 0.25) is 0 Å². The molecule has 1 saturated heterocycles. The third-order valence-electron chi connectivity index (χ3n) is 2.14. The van der Waals surface area contributed by atoms with Crippen molar-refractivity contribution in [2.45, 2.75) is 6.29 Å². The van der Waals surface area contributed by atoms with Gasteiger partial charge in [0.15, 0.2) is 5.05 Å². The van der Waals surface area contributed by atoms with Crippen molar-refractivity contribution in [3.63, 3.8) is 0 Å². The molecule has 0 radical (unpaired) electrons. The molecule has 1 heterocycles. The first-order valence-electron chi connectivity index (χ1n) is 4.94. The minimum atomic E-state index is -0.258. The Morgan fingerprint density at radius 2 is 2.20 bits per heavy atom. The topological polar surface area (TPSA) is 30.5 Å². The molecule has 80 valence electrons. The van der Waals surface area contributed by atoms with E-state index >= 15 is 0 Å². The number of rotatable bonds is 2. The molecular formula is C11H13NO2S. The summed E-state index contributed by atoms with van der Waals surface area (Å²) in [6, 6.07) is 9.68. The zero-order valence-electron chi connectivity index (χ0n) is 8.31. The molecule has 0 aromatic heterocycles. The van der Waals surface area contributed by atoms with Gasteiger partial charge >= 0.3 is 0 Å². The molecule has 1 unspecified atom stereocenters. The van der Waals surface area contributed by atoms with Crippen molar-refractivity contribution in [2.75, 3.05) is 19.7 Å². The van der Waals surface area contributed by atoms with E-state index < -0.39 is 0 Å². The highest BCUT2D eigenvalue weighted by Crippen LogP contribution is 2.07. The van der Waals surface area contributed by atoms with E-state index in [4.69, 9.17) is 21.7 Å². The van der Waals surface area contributed by atoms with Crippen molar-refractivity contribution in [2.24, 2.45) is 0 Å². The molecule has 1 atom stereocenters. The molecule has 0 saturated carbocycles. The van der Waals surface area contributed by atoms with Crippen LogP contribution >= 0.6 is 12.2 Å². The summed E-state index contributed by atoms with van der Waals surface area (Å²) in [5.74, 6) is 0. The number of ether oxygens (including phenoxy) is 2. The fourth-order valence-corrected chi connectivity index (χ4v) is 1.62. The number of hydrogen-bond donors (Lipinski definition) is 1. The molecule has 3 nitrogen and oxygen atoms in total. The van der Waals surface area contributed by atoms with Gasteiger partial charge in [-0.25, -0.2) is 0 Å². The Morgan fingerprint density at radius 1 is 1.40 bits per heavy atom. The smallest absolute Gasteiger partial charge is 0.213 e. The van der Waals surface area contributed by atoms with Crippen molar-refractivity contribution in [1.29, 1.82) is 0 Å². The summed E-state index contributed by atoms with van der Waals surface area (Å²) in [5, 5.41) is 3.67. The van der Waals surface area contributed by atoms with Gasteiger partial charge in [0.1, 0.15) is 0 Å². The number of thiocarbonyl (C=S) groups is 1. The minimum Gasteiger partial charge on any atom is -0.453 e. The summed E-state index contributed by atoms with van der Waals surface area (Å²) < 4.78 is 10.9. The lowest BCUT2D eigenvalue weighted by atomic mass is 10.2. The molecule has 0 aliphatic carbocycles. The molecule has 0 spiro atoms. The van der Waals surface area contributed by atoms with Gasteiger partial charge < -0.3 is 14.8 Å². The molecule has 1 aromatic carbocycles. The number of morpholine rings is 1. The van der Waals surface area contributed by atoms with E-state index in [0.29, 0.717) is 18.2 Å². The molecule has 1 fully saturated rings. The van der Waals surface area contributed by atoms with E-state index in [0.717, 1.165) is 12.1 Å². The van der Waals surface area contributed by atoms with Gasteiger partial charge in [0.2, 0.25) is 6.29 Å². The van der Waals surface area contributed by atoms with Gasteiger partial charge in [0.05, 0.1) is 13.2 Å². The molecule has 1 aliphatic rings. The molecule has 4 heteroatoms. The van der Waals surface area contributed by atoms with E-state index in [-0.39, 0.29) is 6.29 Å². The monoisotopic (exact) mass is 223 g/mol. The van der Waals surface area contributed by atoms with Gasteiger partial charge in [-0.1, -0.05) is 30.3 Å². The summed E-state index contributed by atoms with van der Waals surface area (Å²) in [6.45, 7) is 2.23. The first-order valence-corrected chi connectivity index (χ1v) is 5.35. The van der Waals surface area contributed by atoms with E-state index in [1.807, 2.05) is 30.3 Å². The Labute approximate surface area is 94.4 Å². The highest BCUT2D eigenvalue weighted by atomic mass is 32.1. The van der Waals surface area contributed by atoms with Crippen LogP contribution in [0.15, 0.2) is 30.3 Å². The van der Waals surface area contributed by atoms with Crippen LogP contribution in [-0.2, 0) is 9.47 Å². The van der Waals surface area contributed by atoms with Crippen molar-refractivity contribution < 1.29 is 9.47 Å². The number of hydrogen-bond acceptors (Lipinski definition) is 4. The van der Waals surface area contributed by atoms with Crippen LogP contribution in [0, 0.1) is 0 Å². The van der Waals surface area contributed by atoms with Crippen LogP contribution in [0.1, 0.15) is 5.56 Å². The van der Waals surface area contributed by atoms with Gasteiger partial charge in [-0.2, -0.15) is 0 Å². The van der Waals surface area contributed by atoms with Crippen molar-refractivity contribution in [3.05, 3.63) is 35.9 Å². The largest absolute Gasteiger partial charge is 0.453 e. The second-order valence-electron chi connectivity index (χ2n) is 3.28. The normalized spacial score (nSPS) is 20.9. The van der Waals surface area contributed by atoms with E-state index in [2.05, 4.69) is 5.32 Å². The van der Waals surface area contributed by atoms with E-state index in [1.165, 1.54) is 0 Å². The zero-order chi connectivity index (χ0) is 10.5. The number of nitrogens with one attached hydrogen (secondary N) is 1. The van der Waals surface area contributed by atoms with Gasteiger partial charge in [0.25, 0.3) is 0 Å². The van der Waals surface area contributed by atoms with Crippen molar-refractivity contribution in [1.82, 2.24) is 5.32 Å². The maximum Gasteiger partial charge on any atom is 0.213 e. The Morgan fingerprint density at radius 3 is 2.87 bits per heavy atom. The quantitative estimate of drug-likeness (QED) is 0.766. The summed E-state index contributed by atoms with van der Waals surface area (Å²) in [5.41, 5.74) is 0.918. The van der Waals surface area contributed by atoms with Crippen LogP contribution in [0.4, 0.5) is 0 Å². The van der Waals surface area contributed by atoms with Gasteiger partial charge in [-0.05, 0) is 12.2 Å². The highest BCUT2D eigenvalue weighted by Gasteiger charge is 2.16. The summed E-state index contributed by atoms with van der Waals surface area (Å²) in [6.07, 6.45) is -0.258. The Bertz CT molecular complexity index is 323. The van der Waals surface area contributed by atoms with Crippen molar-refractivity contribution >= 4 is 17.3 Å². The lowest BCUT2D eigenvalue weighted by Gasteiger charge is -2.24. The lowest BCUT2D eigenvalue weighted by molar-refractivity contribution is -0.100. The van der Waals surface area contributed by atoms with Crippen molar-refractivity contribution in [3.8, 4) is 0 Å². The number of benzene rings is 1. The van der Waals surface area contributed by atoms with Crippen LogP contribution in [0.3, 0.4) is 0 Å². The summed E-state index contributed by atoms with van der Waals surface area (Å²) in [4.78, 5) is 0. The molecule has 1 N–H and O–H groups in total. The maximum atomic E-state index is 5.52. The molecule has 0 amide bonds.